The molecule has 1 saturated heterocycles. The fraction of sp³-hybridized carbons (Fsp3) is 0.308. The highest BCUT2D eigenvalue weighted by molar-refractivity contribution is 6.46. The van der Waals surface area contributed by atoms with Gasteiger partial charge in [-0.25, -0.2) is 0 Å². The van der Waals surface area contributed by atoms with Crippen molar-refractivity contribution < 1.29 is 24.2 Å². The van der Waals surface area contributed by atoms with E-state index in [2.05, 4.69) is 6.58 Å². The normalized spacial score (nSPS) is 18.6. The molecule has 1 aliphatic rings. The van der Waals surface area contributed by atoms with Crippen LogP contribution in [0.4, 0.5) is 0 Å². The van der Waals surface area contributed by atoms with Gasteiger partial charge < -0.3 is 19.5 Å². The van der Waals surface area contributed by atoms with Crippen molar-refractivity contribution in [2.75, 3.05) is 26.9 Å². The molecule has 0 spiro atoms. The minimum atomic E-state index is -0.667. The summed E-state index contributed by atoms with van der Waals surface area (Å²) in [7, 11) is 1.60. The van der Waals surface area contributed by atoms with E-state index in [-0.39, 0.29) is 17.3 Å². The van der Waals surface area contributed by atoms with E-state index in [9.17, 15) is 14.7 Å². The molecule has 2 aromatic rings. The molecule has 6 heteroatoms. The molecule has 1 N–H and O–H groups in total. The number of nitrogens with zero attached hydrogens (tertiary/aromatic N) is 1. The van der Waals surface area contributed by atoms with E-state index in [0.717, 1.165) is 5.56 Å². The van der Waals surface area contributed by atoms with Crippen LogP contribution in [0, 0.1) is 0 Å². The maximum atomic E-state index is 13.0. The van der Waals surface area contributed by atoms with Crippen molar-refractivity contribution in [3.05, 3.63) is 84.0 Å². The minimum absolute atomic E-state index is 0.128. The largest absolute Gasteiger partial charge is 0.507 e. The summed E-state index contributed by atoms with van der Waals surface area (Å²) in [5, 5.41) is 11.1. The van der Waals surface area contributed by atoms with Crippen LogP contribution >= 0.6 is 0 Å². The fourth-order valence-electron chi connectivity index (χ4n) is 4.01. The number of carbonyl (C=O) groups excluding carboxylic acids is 2. The van der Waals surface area contributed by atoms with Crippen molar-refractivity contribution in [3.8, 4) is 5.75 Å². The first-order chi connectivity index (χ1) is 15.5. The van der Waals surface area contributed by atoms with Gasteiger partial charge in [-0.2, -0.15) is 0 Å². The number of ketones is 1. The summed E-state index contributed by atoms with van der Waals surface area (Å²) in [6.07, 6.45) is 2.24. The van der Waals surface area contributed by atoms with Crippen molar-refractivity contribution in [2.45, 2.75) is 25.3 Å². The predicted molar refractivity (Wildman–Crippen MR) is 124 cm³/mol. The number of aliphatic hydroxyl groups excluding tert-OH is 1. The Morgan fingerprint density at radius 2 is 1.84 bits per heavy atom. The summed E-state index contributed by atoms with van der Waals surface area (Å²) in [6, 6.07) is 15.9. The van der Waals surface area contributed by atoms with E-state index in [4.69, 9.17) is 9.47 Å². The Kier molecular flexibility index (Phi) is 7.84. The number of amides is 1. The van der Waals surface area contributed by atoms with Gasteiger partial charge in [0, 0.05) is 31.7 Å². The lowest BCUT2D eigenvalue weighted by molar-refractivity contribution is -0.140. The summed E-state index contributed by atoms with van der Waals surface area (Å²) in [4.78, 5) is 27.5. The van der Waals surface area contributed by atoms with Gasteiger partial charge in [0.1, 0.15) is 18.1 Å². The van der Waals surface area contributed by atoms with Gasteiger partial charge in [-0.05, 0) is 36.2 Å². The van der Waals surface area contributed by atoms with Crippen LogP contribution in [0.1, 0.15) is 30.4 Å². The Morgan fingerprint density at radius 3 is 2.47 bits per heavy atom. The van der Waals surface area contributed by atoms with Gasteiger partial charge in [0.2, 0.25) is 0 Å². The standard InChI is InChI=1S/C26H29NO5/c1-4-16-32-21-13-11-20(12-14-21)24(28)22-23(18(2)19-9-6-5-7-10-19)27(15-8-17-31-3)26(30)25(22)29/h4-7,9-14,18,23,28H,1,8,15-17H2,2-3H3/b24-22+. The number of benzene rings is 2. The highest BCUT2D eigenvalue weighted by atomic mass is 16.5. The highest BCUT2D eigenvalue weighted by Gasteiger charge is 2.47. The predicted octanol–water partition coefficient (Wildman–Crippen LogP) is 4.14. The zero-order valence-electron chi connectivity index (χ0n) is 18.5. The second-order valence-electron chi connectivity index (χ2n) is 7.70. The third-order valence-electron chi connectivity index (χ3n) is 5.63. The quantitative estimate of drug-likeness (QED) is 0.200. The number of likely N-dealkylation sites (tertiary alicyclic amines) is 1. The number of rotatable bonds is 10. The third kappa shape index (κ3) is 4.92. The Balaban J connectivity index is 2.02. The zero-order chi connectivity index (χ0) is 23.1. The van der Waals surface area contributed by atoms with E-state index in [1.165, 1.54) is 0 Å². The van der Waals surface area contributed by atoms with Crippen molar-refractivity contribution in [2.24, 2.45) is 0 Å². The molecule has 1 amide bonds. The summed E-state index contributed by atoms with van der Waals surface area (Å²) >= 11 is 0. The number of methoxy groups -OCH3 is 1. The van der Waals surface area contributed by atoms with E-state index in [0.29, 0.717) is 37.5 Å². The van der Waals surface area contributed by atoms with Gasteiger partial charge in [0.15, 0.2) is 0 Å². The molecule has 0 aliphatic carbocycles. The lowest BCUT2D eigenvalue weighted by Gasteiger charge is -2.30. The molecule has 1 heterocycles. The van der Waals surface area contributed by atoms with Crippen LogP contribution in [-0.2, 0) is 14.3 Å². The van der Waals surface area contributed by atoms with Crippen LogP contribution in [0.3, 0.4) is 0 Å². The lowest BCUT2D eigenvalue weighted by atomic mass is 9.87. The topological polar surface area (TPSA) is 76.1 Å². The molecular formula is C26H29NO5. The molecule has 3 rings (SSSR count). The van der Waals surface area contributed by atoms with Gasteiger partial charge >= 0.3 is 0 Å². The molecule has 32 heavy (non-hydrogen) atoms. The van der Waals surface area contributed by atoms with Gasteiger partial charge in [0.05, 0.1) is 11.6 Å². The van der Waals surface area contributed by atoms with E-state index < -0.39 is 17.7 Å². The van der Waals surface area contributed by atoms with Crippen LogP contribution in [0.5, 0.6) is 5.75 Å². The van der Waals surface area contributed by atoms with Gasteiger partial charge in [-0.1, -0.05) is 49.9 Å². The maximum Gasteiger partial charge on any atom is 0.295 e. The summed E-state index contributed by atoms with van der Waals surface area (Å²) < 4.78 is 10.6. The number of hydrogen-bond acceptors (Lipinski definition) is 5. The molecule has 0 radical (unpaired) electrons. The molecule has 1 aliphatic heterocycles. The second kappa shape index (κ2) is 10.8. The summed E-state index contributed by atoms with van der Waals surface area (Å²) in [5.41, 5.74) is 1.56. The fourth-order valence-corrected chi connectivity index (χ4v) is 4.01. The minimum Gasteiger partial charge on any atom is -0.507 e. The Labute approximate surface area is 188 Å². The van der Waals surface area contributed by atoms with Crippen LogP contribution in [-0.4, -0.2) is 54.6 Å². The molecule has 2 unspecified atom stereocenters. The second-order valence-corrected chi connectivity index (χ2v) is 7.70. The van der Waals surface area contributed by atoms with Gasteiger partial charge in [-0.3, -0.25) is 9.59 Å². The molecule has 2 atom stereocenters. The average molecular weight is 436 g/mol. The van der Waals surface area contributed by atoms with Gasteiger partial charge in [0.25, 0.3) is 11.7 Å². The van der Waals surface area contributed by atoms with Crippen LogP contribution < -0.4 is 4.74 Å². The zero-order valence-corrected chi connectivity index (χ0v) is 18.5. The molecule has 168 valence electrons. The molecule has 2 aromatic carbocycles. The Morgan fingerprint density at radius 1 is 1.16 bits per heavy atom. The van der Waals surface area contributed by atoms with Crippen molar-refractivity contribution in [3.63, 3.8) is 0 Å². The number of ether oxygens (including phenoxy) is 2. The first-order valence-electron chi connectivity index (χ1n) is 10.7. The smallest absolute Gasteiger partial charge is 0.295 e. The van der Waals surface area contributed by atoms with E-state index >= 15 is 0 Å². The summed E-state index contributed by atoms with van der Waals surface area (Å²) in [5.74, 6) is -1.01. The van der Waals surface area contributed by atoms with Crippen molar-refractivity contribution >= 4 is 17.4 Å². The van der Waals surface area contributed by atoms with Gasteiger partial charge in [-0.15, -0.1) is 0 Å². The van der Waals surface area contributed by atoms with Crippen LogP contribution in [0.2, 0.25) is 0 Å². The summed E-state index contributed by atoms with van der Waals surface area (Å²) in [6.45, 7) is 6.79. The average Bonchev–Trinajstić information content (AvgIpc) is 3.08. The molecule has 0 aromatic heterocycles. The van der Waals surface area contributed by atoms with Crippen LogP contribution in [0.25, 0.3) is 5.76 Å². The van der Waals surface area contributed by atoms with E-state index in [1.807, 2.05) is 37.3 Å². The molecule has 0 bridgehead atoms. The third-order valence-corrected chi connectivity index (χ3v) is 5.63. The number of Topliss-reactive ketones (excluding diaryl/α,β-unsaturated/α-hetero) is 1. The first-order valence-corrected chi connectivity index (χ1v) is 10.7. The number of aliphatic hydroxyl groups is 1. The van der Waals surface area contributed by atoms with Crippen molar-refractivity contribution in [1.82, 2.24) is 4.90 Å². The Hall–Kier alpha value is -3.38. The monoisotopic (exact) mass is 435 g/mol. The Bertz CT molecular complexity index is 981. The molecule has 0 saturated carbocycles. The maximum absolute atomic E-state index is 13.0. The molecule has 6 nitrogen and oxygen atoms in total. The SMILES string of the molecule is C=CCOc1ccc(/C(O)=C2\C(=O)C(=O)N(CCCOC)C2C(C)c2ccccc2)cc1. The van der Waals surface area contributed by atoms with Crippen LogP contribution in [0.15, 0.2) is 72.8 Å². The number of carbonyl (C=O) groups is 2. The van der Waals surface area contributed by atoms with E-state index in [1.54, 1.807) is 42.4 Å². The first kappa shape index (κ1) is 23.3. The van der Waals surface area contributed by atoms with Crippen molar-refractivity contribution in [1.29, 1.82) is 0 Å². The lowest BCUT2D eigenvalue weighted by Crippen LogP contribution is -2.38. The number of hydrogen-bond donors (Lipinski definition) is 1. The molecular weight excluding hydrogens is 406 g/mol. The molecule has 1 fully saturated rings. The highest BCUT2D eigenvalue weighted by Crippen LogP contribution is 2.37.